The van der Waals surface area contributed by atoms with Crippen molar-refractivity contribution in [3.05, 3.63) is 10.6 Å². The summed E-state index contributed by atoms with van der Waals surface area (Å²) in [4.78, 5) is 11.5. The van der Waals surface area contributed by atoms with Crippen LogP contribution in [0.15, 0.2) is 0 Å². The Morgan fingerprint density at radius 2 is 1.87 bits per heavy atom. The van der Waals surface area contributed by atoms with Crippen molar-refractivity contribution in [2.45, 2.75) is 19.8 Å². The summed E-state index contributed by atoms with van der Waals surface area (Å²) < 4.78 is 0. The number of rotatable bonds is 4. The molecule has 6 heteroatoms. The third-order valence-electron chi connectivity index (χ3n) is 2.59. The van der Waals surface area contributed by atoms with E-state index in [0.29, 0.717) is 11.9 Å². The minimum atomic E-state index is 0.122. The van der Waals surface area contributed by atoms with Gasteiger partial charge in [-0.1, -0.05) is 6.92 Å². The van der Waals surface area contributed by atoms with Crippen molar-refractivity contribution in [3.63, 3.8) is 0 Å². The van der Waals surface area contributed by atoms with Crippen LogP contribution in [0.1, 0.15) is 19.8 Å². The van der Waals surface area contributed by atoms with E-state index in [1.807, 2.05) is 0 Å². The lowest BCUT2D eigenvalue weighted by Gasteiger charge is -2.10. The third kappa shape index (κ3) is 3.18. The molecule has 1 unspecified atom stereocenters. The molecule has 0 amide bonds. The van der Waals surface area contributed by atoms with Gasteiger partial charge in [0.2, 0.25) is 16.5 Å². The fraction of sp³-hybridized carbons (Fsp3) is 0.667. The highest BCUT2D eigenvalue weighted by Crippen LogP contribution is 2.36. The number of halogens is 2. The molecule has 1 atom stereocenters. The zero-order valence-electron chi connectivity index (χ0n) is 8.37. The molecule has 1 aromatic rings. The summed E-state index contributed by atoms with van der Waals surface area (Å²) in [5.41, 5.74) is 0. The quantitative estimate of drug-likeness (QED) is 0.888. The van der Waals surface area contributed by atoms with Gasteiger partial charge < -0.3 is 5.32 Å². The first-order chi connectivity index (χ1) is 7.15. The van der Waals surface area contributed by atoms with E-state index in [9.17, 15) is 0 Å². The fourth-order valence-electron chi connectivity index (χ4n) is 1.49. The molecule has 2 rings (SSSR count). The Morgan fingerprint density at radius 3 is 2.40 bits per heavy atom. The van der Waals surface area contributed by atoms with Crippen molar-refractivity contribution in [2.24, 2.45) is 11.8 Å². The molecule has 15 heavy (non-hydrogen) atoms. The van der Waals surface area contributed by atoms with Crippen molar-refractivity contribution in [1.29, 1.82) is 0 Å². The zero-order valence-corrected chi connectivity index (χ0v) is 9.89. The highest BCUT2D eigenvalue weighted by Gasteiger charge is 2.27. The van der Waals surface area contributed by atoms with Crippen LogP contribution in [0, 0.1) is 11.8 Å². The van der Waals surface area contributed by atoms with E-state index in [1.54, 1.807) is 0 Å². The summed E-state index contributed by atoms with van der Waals surface area (Å²) in [6.45, 7) is 3.07. The van der Waals surface area contributed by atoms with Crippen molar-refractivity contribution in [2.75, 3.05) is 11.9 Å². The normalized spacial score (nSPS) is 17.5. The molecule has 82 valence electrons. The number of nitrogens with one attached hydrogen (secondary N) is 1. The Bertz CT molecular complexity index is 334. The second-order valence-corrected chi connectivity index (χ2v) is 4.57. The van der Waals surface area contributed by atoms with Crippen LogP contribution in [0.3, 0.4) is 0 Å². The van der Waals surface area contributed by atoms with Gasteiger partial charge in [0.1, 0.15) is 0 Å². The SMILES string of the molecule is CC(CNc1nc(Cl)nc(Cl)n1)C1CC1. The van der Waals surface area contributed by atoms with Gasteiger partial charge in [-0.05, 0) is 47.9 Å². The van der Waals surface area contributed by atoms with Gasteiger partial charge in [0, 0.05) is 6.54 Å². The average Bonchev–Trinajstić information content (AvgIpc) is 2.95. The van der Waals surface area contributed by atoms with E-state index in [-0.39, 0.29) is 10.6 Å². The molecule has 0 aliphatic heterocycles. The van der Waals surface area contributed by atoms with E-state index in [4.69, 9.17) is 23.2 Å². The molecule has 1 aromatic heterocycles. The summed E-state index contributed by atoms with van der Waals surface area (Å²) in [6, 6.07) is 0. The van der Waals surface area contributed by atoms with Crippen LogP contribution >= 0.6 is 23.2 Å². The molecule has 0 aromatic carbocycles. The summed E-state index contributed by atoms with van der Waals surface area (Å²) in [5.74, 6) is 1.94. The number of anilines is 1. The van der Waals surface area contributed by atoms with Gasteiger partial charge in [0.05, 0.1) is 0 Å². The van der Waals surface area contributed by atoms with Gasteiger partial charge in [0.15, 0.2) is 0 Å². The maximum Gasteiger partial charge on any atom is 0.228 e. The Balaban J connectivity index is 1.91. The van der Waals surface area contributed by atoms with Crippen LogP contribution in [-0.4, -0.2) is 21.5 Å². The van der Waals surface area contributed by atoms with Crippen molar-refractivity contribution >= 4 is 29.2 Å². The van der Waals surface area contributed by atoms with Gasteiger partial charge in [-0.15, -0.1) is 0 Å². The number of aromatic nitrogens is 3. The van der Waals surface area contributed by atoms with Crippen LogP contribution in [0.2, 0.25) is 10.6 Å². The number of nitrogens with zero attached hydrogens (tertiary/aromatic N) is 3. The molecule has 1 aliphatic rings. The molecular formula is C9H12Cl2N4. The van der Waals surface area contributed by atoms with E-state index >= 15 is 0 Å². The predicted octanol–water partition coefficient (Wildman–Crippen LogP) is 2.64. The Morgan fingerprint density at radius 1 is 1.27 bits per heavy atom. The Hall–Kier alpha value is -0.610. The minimum absolute atomic E-state index is 0.122. The van der Waals surface area contributed by atoms with E-state index in [1.165, 1.54) is 12.8 Å². The second-order valence-electron chi connectivity index (χ2n) is 3.89. The molecule has 0 spiro atoms. The number of hydrogen-bond donors (Lipinski definition) is 1. The molecular weight excluding hydrogens is 235 g/mol. The second kappa shape index (κ2) is 4.49. The molecule has 0 bridgehead atoms. The topological polar surface area (TPSA) is 50.7 Å². The lowest BCUT2D eigenvalue weighted by Crippen LogP contribution is -2.15. The lowest BCUT2D eigenvalue weighted by atomic mass is 10.1. The van der Waals surface area contributed by atoms with Crippen molar-refractivity contribution < 1.29 is 0 Å². The van der Waals surface area contributed by atoms with Crippen LogP contribution < -0.4 is 5.32 Å². The number of hydrogen-bond acceptors (Lipinski definition) is 4. The Labute approximate surface area is 98.4 Å². The summed E-state index contributed by atoms with van der Waals surface area (Å²) in [7, 11) is 0. The van der Waals surface area contributed by atoms with Crippen LogP contribution in [0.25, 0.3) is 0 Å². The van der Waals surface area contributed by atoms with Gasteiger partial charge in [0.25, 0.3) is 0 Å². The highest BCUT2D eigenvalue weighted by atomic mass is 35.5. The maximum absolute atomic E-state index is 5.65. The first-order valence-corrected chi connectivity index (χ1v) is 5.71. The van der Waals surface area contributed by atoms with Crippen LogP contribution in [-0.2, 0) is 0 Å². The van der Waals surface area contributed by atoms with Gasteiger partial charge in [-0.3, -0.25) is 0 Å². The molecule has 0 saturated heterocycles. The molecule has 1 saturated carbocycles. The summed E-state index contributed by atoms with van der Waals surface area (Å²) in [5, 5.41) is 3.36. The zero-order chi connectivity index (χ0) is 10.8. The van der Waals surface area contributed by atoms with Gasteiger partial charge in [-0.25, -0.2) is 0 Å². The standard InChI is InChI=1S/C9H12Cl2N4/c1-5(6-2-3-6)4-12-9-14-7(10)13-8(11)15-9/h5-6H,2-4H2,1H3,(H,12,13,14,15). The van der Waals surface area contributed by atoms with Crippen molar-refractivity contribution in [1.82, 2.24) is 15.0 Å². The molecule has 1 N–H and O–H groups in total. The van der Waals surface area contributed by atoms with E-state index in [0.717, 1.165) is 12.5 Å². The van der Waals surface area contributed by atoms with Crippen LogP contribution in [0.4, 0.5) is 5.95 Å². The average molecular weight is 247 g/mol. The fourth-order valence-corrected chi connectivity index (χ4v) is 1.85. The maximum atomic E-state index is 5.65. The molecule has 4 nitrogen and oxygen atoms in total. The van der Waals surface area contributed by atoms with E-state index in [2.05, 4.69) is 27.2 Å². The van der Waals surface area contributed by atoms with Gasteiger partial charge in [-0.2, -0.15) is 15.0 Å². The molecule has 1 aliphatic carbocycles. The monoisotopic (exact) mass is 246 g/mol. The molecule has 0 radical (unpaired) electrons. The third-order valence-corrected chi connectivity index (χ3v) is 2.93. The lowest BCUT2D eigenvalue weighted by molar-refractivity contribution is 0.535. The first-order valence-electron chi connectivity index (χ1n) is 4.96. The van der Waals surface area contributed by atoms with Crippen LogP contribution in [0.5, 0.6) is 0 Å². The Kier molecular flexibility index (Phi) is 3.26. The summed E-state index contributed by atoms with van der Waals surface area (Å²) >= 11 is 11.3. The first kappa shape index (κ1) is 10.9. The minimum Gasteiger partial charge on any atom is -0.354 e. The molecule has 1 fully saturated rings. The molecule has 1 heterocycles. The largest absolute Gasteiger partial charge is 0.354 e. The predicted molar refractivity (Wildman–Crippen MR) is 60.2 cm³/mol. The smallest absolute Gasteiger partial charge is 0.228 e. The van der Waals surface area contributed by atoms with Gasteiger partial charge >= 0.3 is 0 Å². The van der Waals surface area contributed by atoms with Crippen molar-refractivity contribution in [3.8, 4) is 0 Å². The highest BCUT2D eigenvalue weighted by molar-refractivity contribution is 6.31. The van der Waals surface area contributed by atoms with E-state index < -0.39 is 0 Å². The summed E-state index contributed by atoms with van der Waals surface area (Å²) in [6.07, 6.45) is 2.67.